The molecule has 4 heteroatoms. The molecule has 1 aromatic heterocycles. The molecule has 17 heavy (non-hydrogen) atoms. The van der Waals surface area contributed by atoms with Crippen LogP contribution in [0.2, 0.25) is 0 Å². The van der Waals surface area contributed by atoms with Gasteiger partial charge < -0.3 is 14.0 Å². The van der Waals surface area contributed by atoms with Crippen molar-refractivity contribution in [3.63, 3.8) is 0 Å². The van der Waals surface area contributed by atoms with E-state index in [4.69, 9.17) is 9.47 Å². The van der Waals surface area contributed by atoms with Gasteiger partial charge in [-0.1, -0.05) is 0 Å². The van der Waals surface area contributed by atoms with Crippen molar-refractivity contribution in [2.24, 2.45) is 7.05 Å². The van der Waals surface area contributed by atoms with Gasteiger partial charge in [-0.05, 0) is 26.8 Å². The Morgan fingerprint density at radius 3 is 2.59 bits per heavy atom. The minimum atomic E-state index is -0.160. The Labute approximate surface area is 103 Å². The molecule has 0 unspecified atom stereocenters. The fourth-order valence-corrected chi connectivity index (χ4v) is 1.32. The quantitative estimate of drug-likeness (QED) is 0.563. The molecule has 0 bridgehead atoms. The molecule has 0 amide bonds. The average Bonchev–Trinajstić information content (AvgIpc) is 2.62. The van der Waals surface area contributed by atoms with Gasteiger partial charge in [0.25, 0.3) is 0 Å². The lowest BCUT2D eigenvalue weighted by Crippen LogP contribution is -2.22. The van der Waals surface area contributed by atoms with Crippen LogP contribution >= 0.6 is 0 Å². The second-order valence-corrected chi connectivity index (χ2v) is 5.00. The third-order valence-corrected chi connectivity index (χ3v) is 2.15. The van der Waals surface area contributed by atoms with Crippen LogP contribution in [0.3, 0.4) is 0 Å². The summed E-state index contributed by atoms with van der Waals surface area (Å²) in [6.07, 6.45) is 3.63. The molecule has 1 heterocycles. The maximum Gasteiger partial charge on any atom is 0.189 e. The first kappa shape index (κ1) is 13.9. The van der Waals surface area contributed by atoms with E-state index in [0.717, 1.165) is 0 Å². The molecule has 96 valence electrons. The summed E-state index contributed by atoms with van der Waals surface area (Å²) in [6.45, 7) is 7.02. The zero-order valence-corrected chi connectivity index (χ0v) is 11.0. The van der Waals surface area contributed by atoms with Crippen LogP contribution in [0.5, 0.6) is 0 Å². The van der Waals surface area contributed by atoms with Crippen LogP contribution in [-0.2, 0) is 16.5 Å². The summed E-state index contributed by atoms with van der Waals surface area (Å²) >= 11 is 0. The van der Waals surface area contributed by atoms with Crippen molar-refractivity contribution in [1.29, 1.82) is 0 Å². The number of hydrogen-bond acceptors (Lipinski definition) is 3. The number of carbonyl (C=O) groups excluding carboxylic acids is 1. The van der Waals surface area contributed by atoms with E-state index in [1.807, 2.05) is 38.6 Å². The smallest absolute Gasteiger partial charge is 0.189 e. The van der Waals surface area contributed by atoms with Crippen molar-refractivity contribution in [3.05, 3.63) is 24.0 Å². The number of ketones is 1. The third-order valence-electron chi connectivity index (χ3n) is 2.15. The van der Waals surface area contributed by atoms with E-state index in [2.05, 4.69) is 0 Å². The maximum absolute atomic E-state index is 11.6. The van der Waals surface area contributed by atoms with Crippen LogP contribution in [0.4, 0.5) is 0 Å². The molecule has 0 saturated carbocycles. The van der Waals surface area contributed by atoms with Crippen LogP contribution in [0.15, 0.2) is 18.5 Å². The van der Waals surface area contributed by atoms with E-state index in [9.17, 15) is 4.79 Å². The van der Waals surface area contributed by atoms with Gasteiger partial charge in [0.05, 0.1) is 18.8 Å². The molecular formula is C13H21NO3. The average molecular weight is 239 g/mol. The van der Waals surface area contributed by atoms with Crippen LogP contribution in [0, 0.1) is 0 Å². The van der Waals surface area contributed by atoms with Crippen LogP contribution in [0.25, 0.3) is 0 Å². The second kappa shape index (κ2) is 5.98. The van der Waals surface area contributed by atoms with Gasteiger partial charge in [-0.15, -0.1) is 0 Å². The minimum Gasteiger partial charge on any atom is -0.373 e. The van der Waals surface area contributed by atoms with Crippen molar-refractivity contribution in [2.45, 2.75) is 26.4 Å². The fraction of sp³-hybridized carbons (Fsp3) is 0.615. The Hall–Kier alpha value is -1.13. The number of aryl methyl sites for hydroxylation is 1. The summed E-state index contributed by atoms with van der Waals surface area (Å²) in [5.41, 5.74) is 0.525. The highest BCUT2D eigenvalue weighted by molar-refractivity contribution is 5.96. The summed E-state index contributed by atoms with van der Waals surface area (Å²) in [7, 11) is 1.88. The Morgan fingerprint density at radius 1 is 1.35 bits per heavy atom. The highest BCUT2D eigenvalue weighted by Crippen LogP contribution is 2.06. The standard InChI is InChI=1S/C13H21NO3/c1-13(2,3)17-8-7-16-10-12(15)11-5-6-14(4)9-11/h5-6,9H,7-8,10H2,1-4H3. The van der Waals surface area contributed by atoms with Gasteiger partial charge in [0.15, 0.2) is 5.78 Å². The minimum absolute atomic E-state index is 0.00126. The number of Topliss-reactive ketones (excluding diaryl/α,β-unsaturated/α-hetero) is 1. The van der Waals surface area contributed by atoms with Gasteiger partial charge in [-0.2, -0.15) is 0 Å². The molecule has 0 fully saturated rings. The number of carbonyl (C=O) groups is 1. The van der Waals surface area contributed by atoms with Crippen LogP contribution in [0.1, 0.15) is 31.1 Å². The molecule has 0 aromatic carbocycles. The molecule has 4 nitrogen and oxygen atoms in total. The Balaban J connectivity index is 2.17. The lowest BCUT2D eigenvalue weighted by Gasteiger charge is -2.19. The van der Waals surface area contributed by atoms with Crippen molar-refractivity contribution in [1.82, 2.24) is 4.57 Å². The Morgan fingerprint density at radius 2 is 2.06 bits per heavy atom. The lowest BCUT2D eigenvalue weighted by atomic mass is 10.2. The predicted molar refractivity (Wildman–Crippen MR) is 66.3 cm³/mol. The van der Waals surface area contributed by atoms with Crippen molar-refractivity contribution in [2.75, 3.05) is 19.8 Å². The SMILES string of the molecule is Cn1ccc(C(=O)COCCOC(C)(C)C)c1. The van der Waals surface area contributed by atoms with Gasteiger partial charge in [0.1, 0.15) is 6.61 Å². The number of aromatic nitrogens is 1. The van der Waals surface area contributed by atoms with E-state index in [0.29, 0.717) is 18.8 Å². The number of ether oxygens (including phenoxy) is 2. The van der Waals surface area contributed by atoms with Crippen molar-refractivity contribution < 1.29 is 14.3 Å². The number of hydrogen-bond donors (Lipinski definition) is 0. The molecule has 0 aliphatic rings. The molecule has 0 radical (unpaired) electrons. The van der Waals surface area contributed by atoms with Gasteiger partial charge in [-0.25, -0.2) is 0 Å². The molecule has 0 saturated heterocycles. The third kappa shape index (κ3) is 5.65. The highest BCUT2D eigenvalue weighted by atomic mass is 16.5. The van der Waals surface area contributed by atoms with Gasteiger partial charge in [-0.3, -0.25) is 4.79 Å². The Bertz CT molecular complexity index is 363. The molecule has 0 atom stereocenters. The zero-order chi connectivity index (χ0) is 12.9. The largest absolute Gasteiger partial charge is 0.373 e. The van der Waals surface area contributed by atoms with E-state index in [1.165, 1.54) is 0 Å². The monoisotopic (exact) mass is 239 g/mol. The summed E-state index contributed by atoms with van der Waals surface area (Å²) < 4.78 is 12.6. The van der Waals surface area contributed by atoms with Gasteiger partial charge in [0.2, 0.25) is 0 Å². The normalized spacial score (nSPS) is 11.8. The summed E-state index contributed by atoms with van der Waals surface area (Å²) in [5, 5.41) is 0. The fourth-order valence-electron chi connectivity index (χ4n) is 1.32. The number of rotatable bonds is 6. The topological polar surface area (TPSA) is 40.5 Å². The molecule has 0 aliphatic heterocycles. The second-order valence-electron chi connectivity index (χ2n) is 5.00. The lowest BCUT2D eigenvalue weighted by molar-refractivity contribution is -0.0324. The number of nitrogens with zero attached hydrogens (tertiary/aromatic N) is 1. The van der Waals surface area contributed by atoms with Crippen LogP contribution in [-0.4, -0.2) is 35.8 Å². The van der Waals surface area contributed by atoms with Crippen LogP contribution < -0.4 is 0 Å². The molecule has 0 N–H and O–H groups in total. The molecule has 1 aromatic rings. The van der Waals surface area contributed by atoms with Crippen molar-refractivity contribution >= 4 is 5.78 Å². The van der Waals surface area contributed by atoms with E-state index >= 15 is 0 Å². The molecular weight excluding hydrogens is 218 g/mol. The predicted octanol–water partition coefficient (Wildman–Crippen LogP) is 2.04. The van der Waals surface area contributed by atoms with E-state index < -0.39 is 0 Å². The summed E-state index contributed by atoms with van der Waals surface area (Å²) in [5.74, 6) is 0.00126. The molecule has 0 spiro atoms. The highest BCUT2D eigenvalue weighted by Gasteiger charge is 2.10. The summed E-state index contributed by atoms with van der Waals surface area (Å²) in [6, 6.07) is 1.79. The Kier molecular flexibility index (Phi) is 4.90. The molecule has 0 aliphatic carbocycles. The first-order chi connectivity index (χ1) is 7.88. The van der Waals surface area contributed by atoms with E-state index in [1.54, 1.807) is 12.3 Å². The van der Waals surface area contributed by atoms with Gasteiger partial charge in [0, 0.05) is 25.0 Å². The molecule has 1 rings (SSSR count). The summed E-state index contributed by atoms with van der Waals surface area (Å²) in [4.78, 5) is 11.6. The van der Waals surface area contributed by atoms with Crippen molar-refractivity contribution in [3.8, 4) is 0 Å². The van der Waals surface area contributed by atoms with Gasteiger partial charge >= 0.3 is 0 Å². The zero-order valence-electron chi connectivity index (χ0n) is 11.0. The first-order valence-corrected chi connectivity index (χ1v) is 5.75. The first-order valence-electron chi connectivity index (χ1n) is 5.75. The van der Waals surface area contributed by atoms with E-state index in [-0.39, 0.29) is 18.0 Å². The maximum atomic E-state index is 11.6.